The fourth-order valence-corrected chi connectivity index (χ4v) is 2.46. The number of nitrogens with zero attached hydrogens (tertiary/aromatic N) is 2. The van der Waals surface area contributed by atoms with Gasteiger partial charge >= 0.3 is 0 Å². The zero-order chi connectivity index (χ0) is 18.2. The molecule has 134 valence electrons. The molecule has 0 saturated carbocycles. The Bertz CT molecular complexity index is 852. The van der Waals surface area contributed by atoms with Gasteiger partial charge in [0.1, 0.15) is 5.75 Å². The second-order valence-corrected chi connectivity index (χ2v) is 6.00. The summed E-state index contributed by atoms with van der Waals surface area (Å²) in [5, 5.41) is 7.25. The summed E-state index contributed by atoms with van der Waals surface area (Å²) in [6, 6.07) is 16.7. The third kappa shape index (κ3) is 5.32. The number of nitrogens with one attached hydrogen (secondary N) is 1. The Morgan fingerprint density at radius 1 is 1.15 bits per heavy atom. The molecule has 0 fully saturated rings. The number of ether oxygens (including phenoxy) is 1. The fraction of sp³-hybridized carbons (Fsp3) is 0.211. The third-order valence-corrected chi connectivity index (χ3v) is 3.78. The Kier molecular flexibility index (Phi) is 6.22. The van der Waals surface area contributed by atoms with Crippen LogP contribution in [0.2, 0.25) is 5.02 Å². The minimum atomic E-state index is -0.0934. The zero-order valence-corrected chi connectivity index (χ0v) is 14.8. The van der Waals surface area contributed by atoms with Gasteiger partial charge in [-0.15, -0.1) is 0 Å². The molecule has 6 nitrogen and oxygen atoms in total. The van der Waals surface area contributed by atoms with Crippen molar-refractivity contribution >= 4 is 17.5 Å². The van der Waals surface area contributed by atoms with E-state index in [4.69, 9.17) is 20.9 Å². The first-order valence-electron chi connectivity index (χ1n) is 8.24. The normalized spacial score (nSPS) is 10.5. The van der Waals surface area contributed by atoms with Crippen molar-refractivity contribution in [2.45, 2.75) is 19.4 Å². The summed E-state index contributed by atoms with van der Waals surface area (Å²) in [5.74, 6) is 1.48. The van der Waals surface area contributed by atoms with Crippen LogP contribution >= 0.6 is 11.6 Å². The van der Waals surface area contributed by atoms with Crippen molar-refractivity contribution in [3.8, 4) is 17.1 Å². The molecule has 1 amide bonds. The molecule has 1 N–H and O–H groups in total. The van der Waals surface area contributed by atoms with E-state index >= 15 is 0 Å². The van der Waals surface area contributed by atoms with Gasteiger partial charge in [-0.1, -0.05) is 47.1 Å². The molecule has 0 aliphatic heterocycles. The van der Waals surface area contributed by atoms with E-state index in [2.05, 4.69) is 15.5 Å². The number of hydrogen-bond acceptors (Lipinski definition) is 5. The van der Waals surface area contributed by atoms with E-state index in [1.807, 2.05) is 42.5 Å². The van der Waals surface area contributed by atoms with Crippen molar-refractivity contribution in [3.05, 3.63) is 65.5 Å². The van der Waals surface area contributed by atoms with Gasteiger partial charge in [-0.25, -0.2) is 0 Å². The van der Waals surface area contributed by atoms with Crippen LogP contribution in [0.3, 0.4) is 0 Å². The lowest BCUT2D eigenvalue weighted by Crippen LogP contribution is -2.23. The molecule has 0 radical (unpaired) electrons. The lowest BCUT2D eigenvalue weighted by atomic mass is 10.2. The van der Waals surface area contributed by atoms with E-state index < -0.39 is 0 Å². The molecule has 0 saturated heterocycles. The van der Waals surface area contributed by atoms with E-state index in [9.17, 15) is 4.79 Å². The van der Waals surface area contributed by atoms with E-state index in [1.54, 1.807) is 12.1 Å². The summed E-state index contributed by atoms with van der Waals surface area (Å²) >= 11 is 5.95. The van der Waals surface area contributed by atoms with Crippen LogP contribution in [0.4, 0.5) is 0 Å². The monoisotopic (exact) mass is 371 g/mol. The van der Waals surface area contributed by atoms with Gasteiger partial charge in [0, 0.05) is 17.0 Å². The van der Waals surface area contributed by atoms with Crippen molar-refractivity contribution in [1.82, 2.24) is 15.5 Å². The van der Waals surface area contributed by atoms with Crippen molar-refractivity contribution in [3.63, 3.8) is 0 Å². The molecule has 2 aromatic carbocycles. The summed E-state index contributed by atoms with van der Waals surface area (Å²) in [7, 11) is 0. The smallest absolute Gasteiger partial charge is 0.246 e. The summed E-state index contributed by atoms with van der Waals surface area (Å²) in [5.41, 5.74) is 0.761. The van der Waals surface area contributed by atoms with Gasteiger partial charge in [-0.3, -0.25) is 4.79 Å². The highest BCUT2D eigenvalue weighted by atomic mass is 35.5. The van der Waals surface area contributed by atoms with Gasteiger partial charge < -0.3 is 14.6 Å². The van der Waals surface area contributed by atoms with E-state index in [1.165, 1.54) is 0 Å². The molecule has 0 aliphatic rings. The summed E-state index contributed by atoms with van der Waals surface area (Å²) in [4.78, 5) is 16.1. The molecule has 0 aliphatic carbocycles. The molecule has 3 aromatic rings. The highest BCUT2D eigenvalue weighted by Gasteiger charge is 2.10. The van der Waals surface area contributed by atoms with E-state index in [0.717, 1.165) is 11.3 Å². The predicted octanol–water partition coefficient (Wildman–Crippen LogP) is 3.87. The molecule has 7 heteroatoms. The number of amides is 1. The first-order chi connectivity index (χ1) is 12.7. The average Bonchev–Trinajstić information content (AvgIpc) is 3.14. The van der Waals surface area contributed by atoms with Crippen molar-refractivity contribution in [1.29, 1.82) is 0 Å². The molecule has 0 spiro atoms. The third-order valence-electron chi connectivity index (χ3n) is 3.55. The SMILES string of the molecule is O=C(CCCOc1ccccc1)NCc1nc(-c2cccc(Cl)c2)no1. The molecule has 3 rings (SSSR count). The number of para-hydroxylation sites is 1. The number of carbonyl (C=O) groups excluding carboxylic acids is 1. The van der Waals surface area contributed by atoms with Gasteiger partial charge in [0.2, 0.25) is 17.6 Å². The summed E-state index contributed by atoms with van der Waals surface area (Å²) in [6.07, 6.45) is 0.987. The van der Waals surface area contributed by atoms with Crippen LogP contribution in [0.15, 0.2) is 59.1 Å². The number of hydrogen-bond donors (Lipinski definition) is 1. The zero-order valence-electron chi connectivity index (χ0n) is 14.0. The first kappa shape index (κ1) is 17.9. The number of halogens is 1. The summed E-state index contributed by atoms with van der Waals surface area (Å²) in [6.45, 7) is 0.669. The fourth-order valence-electron chi connectivity index (χ4n) is 2.27. The van der Waals surface area contributed by atoms with Crippen molar-refractivity contribution in [2.24, 2.45) is 0 Å². The van der Waals surface area contributed by atoms with Gasteiger partial charge in [-0.2, -0.15) is 4.98 Å². The largest absolute Gasteiger partial charge is 0.494 e. The molecular formula is C19H18ClN3O3. The Morgan fingerprint density at radius 2 is 2.00 bits per heavy atom. The predicted molar refractivity (Wildman–Crippen MR) is 97.8 cm³/mol. The molecule has 0 atom stereocenters. The van der Waals surface area contributed by atoms with Crippen molar-refractivity contribution in [2.75, 3.05) is 6.61 Å². The number of carbonyl (C=O) groups is 1. The quantitative estimate of drug-likeness (QED) is 0.608. The minimum absolute atomic E-state index is 0.0934. The number of aromatic nitrogens is 2. The Morgan fingerprint density at radius 3 is 2.81 bits per heavy atom. The van der Waals surface area contributed by atoms with Gasteiger partial charge in [0.15, 0.2) is 0 Å². The molecular weight excluding hydrogens is 354 g/mol. The second-order valence-electron chi connectivity index (χ2n) is 5.56. The standard InChI is InChI=1S/C19H18ClN3O3/c20-15-7-4-6-14(12-15)19-22-18(26-23-19)13-21-17(24)10-5-11-25-16-8-2-1-3-9-16/h1-4,6-9,12H,5,10-11,13H2,(H,21,24). The Balaban J connectivity index is 1.39. The first-order valence-corrected chi connectivity index (χ1v) is 8.61. The second kappa shape index (κ2) is 9.01. The van der Waals surface area contributed by atoms with Crippen LogP contribution < -0.4 is 10.1 Å². The number of rotatable bonds is 8. The lowest BCUT2D eigenvalue weighted by molar-refractivity contribution is -0.121. The molecule has 0 unspecified atom stereocenters. The minimum Gasteiger partial charge on any atom is -0.494 e. The highest BCUT2D eigenvalue weighted by molar-refractivity contribution is 6.30. The maximum atomic E-state index is 11.9. The highest BCUT2D eigenvalue weighted by Crippen LogP contribution is 2.19. The topological polar surface area (TPSA) is 77.2 Å². The Labute approximate surface area is 156 Å². The lowest BCUT2D eigenvalue weighted by Gasteiger charge is -2.05. The molecule has 26 heavy (non-hydrogen) atoms. The molecule has 1 aromatic heterocycles. The van der Waals surface area contributed by atoms with Crippen LogP contribution in [0, 0.1) is 0 Å². The van der Waals surface area contributed by atoms with Gasteiger partial charge in [-0.05, 0) is 30.7 Å². The maximum absolute atomic E-state index is 11.9. The van der Waals surface area contributed by atoms with Crippen molar-refractivity contribution < 1.29 is 14.1 Å². The molecule has 0 bridgehead atoms. The van der Waals surface area contributed by atoms with Crippen LogP contribution in [-0.2, 0) is 11.3 Å². The average molecular weight is 372 g/mol. The summed E-state index contributed by atoms with van der Waals surface area (Å²) < 4.78 is 10.7. The van der Waals surface area contributed by atoms with Crippen LogP contribution in [-0.4, -0.2) is 22.7 Å². The van der Waals surface area contributed by atoms with Crippen LogP contribution in [0.1, 0.15) is 18.7 Å². The van der Waals surface area contributed by atoms with E-state index in [0.29, 0.717) is 36.2 Å². The van der Waals surface area contributed by atoms with Gasteiger partial charge in [0.05, 0.1) is 13.2 Å². The van der Waals surface area contributed by atoms with Crippen LogP contribution in [0.5, 0.6) is 5.75 Å². The van der Waals surface area contributed by atoms with E-state index in [-0.39, 0.29) is 12.5 Å². The Hall–Kier alpha value is -2.86. The van der Waals surface area contributed by atoms with Gasteiger partial charge in [0.25, 0.3) is 0 Å². The molecule has 1 heterocycles. The maximum Gasteiger partial charge on any atom is 0.246 e. The number of benzene rings is 2. The van der Waals surface area contributed by atoms with Crippen LogP contribution in [0.25, 0.3) is 11.4 Å².